The van der Waals surface area contributed by atoms with Gasteiger partial charge in [-0.25, -0.2) is 14.7 Å². The zero-order chi connectivity index (χ0) is 12.8. The van der Waals surface area contributed by atoms with E-state index >= 15 is 0 Å². The minimum Gasteiger partial charge on any atom is -0.496 e. The van der Waals surface area contributed by atoms with Gasteiger partial charge in [0.15, 0.2) is 0 Å². The Labute approximate surface area is 98.2 Å². The molecule has 0 unspecified atom stereocenters. The predicted molar refractivity (Wildman–Crippen MR) is 58.3 cm³/mol. The fourth-order valence-corrected chi connectivity index (χ4v) is 1.53. The summed E-state index contributed by atoms with van der Waals surface area (Å²) in [6, 6.07) is 2.79. The fraction of sp³-hybridized carbons (Fsp3) is 0.455. The van der Waals surface area contributed by atoms with E-state index < -0.39 is 6.43 Å². The molecule has 0 spiro atoms. The summed E-state index contributed by atoms with van der Waals surface area (Å²) in [6.45, 7) is 0.228. The van der Waals surface area contributed by atoms with Crippen molar-refractivity contribution in [2.45, 2.75) is 12.8 Å². The second-order valence-corrected chi connectivity index (χ2v) is 3.33. The van der Waals surface area contributed by atoms with Gasteiger partial charge >= 0.3 is 0 Å². The van der Waals surface area contributed by atoms with Crippen molar-refractivity contribution < 1.29 is 23.1 Å². The Bertz CT molecular complexity index is 372. The van der Waals surface area contributed by atoms with Crippen molar-refractivity contribution in [3.63, 3.8) is 0 Å². The molecule has 4 nitrogen and oxygen atoms in total. The van der Waals surface area contributed by atoms with Crippen LogP contribution in [0, 0.1) is 0 Å². The Morgan fingerprint density at radius 2 is 1.82 bits per heavy atom. The largest absolute Gasteiger partial charge is 0.496 e. The minimum atomic E-state index is -2.60. The summed E-state index contributed by atoms with van der Waals surface area (Å²) in [7, 11) is 2.80. The normalized spacial score (nSPS) is 10.7. The van der Waals surface area contributed by atoms with E-state index in [0.717, 1.165) is 0 Å². The van der Waals surface area contributed by atoms with Crippen LogP contribution < -0.4 is 15.4 Å². The van der Waals surface area contributed by atoms with Crippen molar-refractivity contribution in [1.82, 2.24) is 0 Å². The number of methoxy groups -OCH3 is 2. The molecule has 1 aromatic carbocycles. The first-order valence-corrected chi connectivity index (χ1v) is 4.98. The van der Waals surface area contributed by atoms with Crippen molar-refractivity contribution >= 4 is 0 Å². The topological polar surface area (TPSA) is 53.7 Å². The van der Waals surface area contributed by atoms with Crippen molar-refractivity contribution in [3.8, 4) is 11.5 Å². The predicted octanol–water partition coefficient (Wildman–Crippen LogP) is 2.07. The molecule has 0 aliphatic heterocycles. The van der Waals surface area contributed by atoms with Crippen LogP contribution in [0.3, 0.4) is 0 Å². The SMILES string of the molecule is COc1cc(OC)c(C(F)F)cc1CCON. The van der Waals surface area contributed by atoms with Crippen LogP contribution in [0.4, 0.5) is 8.78 Å². The number of ether oxygens (including phenoxy) is 2. The maximum atomic E-state index is 12.8. The van der Waals surface area contributed by atoms with Crippen LogP contribution in [0.1, 0.15) is 17.6 Å². The highest BCUT2D eigenvalue weighted by Gasteiger charge is 2.17. The molecular formula is C11H15F2NO3. The zero-order valence-corrected chi connectivity index (χ0v) is 9.70. The van der Waals surface area contributed by atoms with E-state index in [4.69, 9.17) is 15.4 Å². The first-order chi connectivity index (χ1) is 8.13. The Kier molecular flexibility index (Phi) is 5.11. The molecule has 2 N–H and O–H groups in total. The fourth-order valence-electron chi connectivity index (χ4n) is 1.53. The van der Waals surface area contributed by atoms with Gasteiger partial charge in [-0.05, 0) is 11.6 Å². The lowest BCUT2D eigenvalue weighted by atomic mass is 10.1. The quantitative estimate of drug-likeness (QED) is 0.782. The molecule has 1 rings (SSSR count). The molecule has 17 heavy (non-hydrogen) atoms. The van der Waals surface area contributed by atoms with Crippen LogP contribution in [0.2, 0.25) is 0 Å². The molecule has 1 aromatic rings. The van der Waals surface area contributed by atoms with E-state index in [9.17, 15) is 8.78 Å². The molecule has 0 aliphatic carbocycles. The van der Waals surface area contributed by atoms with E-state index in [2.05, 4.69) is 4.84 Å². The maximum absolute atomic E-state index is 12.8. The summed E-state index contributed by atoms with van der Waals surface area (Å²) >= 11 is 0. The first-order valence-electron chi connectivity index (χ1n) is 4.98. The lowest BCUT2D eigenvalue weighted by Gasteiger charge is -2.14. The van der Waals surface area contributed by atoms with Crippen molar-refractivity contribution in [2.75, 3.05) is 20.8 Å². The third-order valence-electron chi connectivity index (χ3n) is 2.36. The third-order valence-corrected chi connectivity index (χ3v) is 2.36. The van der Waals surface area contributed by atoms with E-state index in [-0.39, 0.29) is 17.9 Å². The molecule has 0 atom stereocenters. The van der Waals surface area contributed by atoms with Gasteiger partial charge in [0.1, 0.15) is 11.5 Å². The van der Waals surface area contributed by atoms with Crippen molar-refractivity contribution in [1.29, 1.82) is 0 Å². The van der Waals surface area contributed by atoms with E-state index in [1.807, 2.05) is 0 Å². The highest BCUT2D eigenvalue weighted by Crippen LogP contribution is 2.35. The van der Waals surface area contributed by atoms with Crippen LogP contribution in [0.15, 0.2) is 12.1 Å². The van der Waals surface area contributed by atoms with Gasteiger partial charge in [0, 0.05) is 12.5 Å². The van der Waals surface area contributed by atoms with Crippen LogP contribution in [0.5, 0.6) is 11.5 Å². The zero-order valence-electron chi connectivity index (χ0n) is 9.70. The summed E-state index contributed by atoms with van der Waals surface area (Å²) in [6.07, 6.45) is -2.21. The smallest absolute Gasteiger partial charge is 0.267 e. The molecule has 6 heteroatoms. The number of hydrogen-bond donors (Lipinski definition) is 1. The Balaban J connectivity index is 3.14. The van der Waals surface area contributed by atoms with Gasteiger partial charge in [-0.15, -0.1) is 0 Å². The number of halogens is 2. The molecule has 0 fully saturated rings. The maximum Gasteiger partial charge on any atom is 0.267 e. The van der Waals surface area contributed by atoms with Gasteiger partial charge in [-0.1, -0.05) is 0 Å². The number of nitrogens with two attached hydrogens (primary N) is 1. The van der Waals surface area contributed by atoms with Crippen molar-refractivity contribution in [3.05, 3.63) is 23.3 Å². The van der Waals surface area contributed by atoms with Crippen molar-refractivity contribution in [2.24, 2.45) is 5.90 Å². The van der Waals surface area contributed by atoms with Crippen LogP contribution >= 0.6 is 0 Å². The lowest BCUT2D eigenvalue weighted by Crippen LogP contribution is -2.06. The summed E-state index contributed by atoms with van der Waals surface area (Å²) in [5, 5.41) is 0. The standard InChI is InChI=1S/C11H15F2NO3/c1-15-9-6-10(16-2)8(11(12)13)5-7(9)3-4-17-14/h5-6,11H,3-4,14H2,1-2H3. The highest BCUT2D eigenvalue weighted by molar-refractivity contribution is 5.47. The van der Waals surface area contributed by atoms with Gasteiger partial charge in [-0.2, -0.15) is 0 Å². The Hall–Kier alpha value is -1.40. The first kappa shape index (κ1) is 13.7. The number of alkyl halides is 2. The highest BCUT2D eigenvalue weighted by atomic mass is 19.3. The van der Waals surface area contributed by atoms with E-state index in [1.165, 1.54) is 26.4 Å². The summed E-state index contributed by atoms with van der Waals surface area (Å²) in [5.74, 6) is 5.49. The molecule has 0 heterocycles. The average Bonchev–Trinajstić information content (AvgIpc) is 2.34. The summed E-state index contributed by atoms with van der Waals surface area (Å²) in [5.41, 5.74) is 0.439. The van der Waals surface area contributed by atoms with Gasteiger partial charge in [0.25, 0.3) is 6.43 Å². The monoisotopic (exact) mass is 247 g/mol. The molecule has 0 aliphatic rings. The van der Waals surface area contributed by atoms with Crippen LogP contribution in [-0.4, -0.2) is 20.8 Å². The van der Waals surface area contributed by atoms with Gasteiger partial charge in [0.2, 0.25) is 0 Å². The number of rotatable bonds is 6. The molecule has 96 valence electrons. The lowest BCUT2D eigenvalue weighted by molar-refractivity contribution is 0.139. The molecule has 0 saturated carbocycles. The second-order valence-electron chi connectivity index (χ2n) is 3.33. The van der Waals surface area contributed by atoms with E-state index in [0.29, 0.717) is 17.7 Å². The third kappa shape index (κ3) is 3.28. The van der Waals surface area contributed by atoms with Gasteiger partial charge in [-0.3, -0.25) is 0 Å². The van der Waals surface area contributed by atoms with Crippen LogP contribution in [0.25, 0.3) is 0 Å². The molecule has 0 aromatic heterocycles. The van der Waals surface area contributed by atoms with Gasteiger partial charge < -0.3 is 14.3 Å². The minimum absolute atomic E-state index is 0.106. The second kappa shape index (κ2) is 6.36. The molecule has 0 saturated heterocycles. The summed E-state index contributed by atoms with van der Waals surface area (Å²) < 4.78 is 35.5. The van der Waals surface area contributed by atoms with Gasteiger partial charge in [0.05, 0.1) is 26.4 Å². The Morgan fingerprint density at radius 1 is 1.18 bits per heavy atom. The molecule has 0 radical (unpaired) electrons. The number of benzene rings is 1. The number of hydrogen-bond acceptors (Lipinski definition) is 4. The average molecular weight is 247 g/mol. The van der Waals surface area contributed by atoms with Crippen LogP contribution in [-0.2, 0) is 11.3 Å². The van der Waals surface area contributed by atoms with E-state index in [1.54, 1.807) is 0 Å². The molecular weight excluding hydrogens is 232 g/mol. The Morgan fingerprint density at radius 3 is 2.29 bits per heavy atom. The molecule has 0 bridgehead atoms. The summed E-state index contributed by atoms with van der Waals surface area (Å²) in [4.78, 5) is 4.43. The molecule has 0 amide bonds.